The van der Waals surface area contributed by atoms with Crippen molar-refractivity contribution >= 4 is 28.3 Å². The number of carbonyl (C=O) groups excluding carboxylic acids is 1. The van der Waals surface area contributed by atoms with E-state index in [4.69, 9.17) is 0 Å². The predicted octanol–water partition coefficient (Wildman–Crippen LogP) is 5.84. The van der Waals surface area contributed by atoms with Gasteiger partial charge in [0.25, 0.3) is 12.3 Å². The van der Waals surface area contributed by atoms with Crippen LogP contribution in [0.2, 0.25) is 0 Å². The molecule has 5 nitrogen and oxygen atoms in total. The zero-order chi connectivity index (χ0) is 22.0. The van der Waals surface area contributed by atoms with Crippen molar-refractivity contribution in [1.29, 1.82) is 0 Å². The SMILES string of the molecule is CNc1cc2ncc(-c3cc(NC(=O)c4cccc(C(F)F)c4)ccc3C)cc2cn1. The molecule has 2 N–H and O–H groups in total. The number of hydrogen-bond donors (Lipinski definition) is 2. The number of rotatable bonds is 5. The first-order chi connectivity index (χ1) is 14.9. The molecule has 0 atom stereocenters. The third-order valence-corrected chi connectivity index (χ3v) is 5.03. The minimum atomic E-state index is -2.63. The highest BCUT2D eigenvalue weighted by atomic mass is 19.3. The van der Waals surface area contributed by atoms with Gasteiger partial charge in [-0.3, -0.25) is 9.78 Å². The molecule has 0 aliphatic heterocycles. The molecule has 4 aromatic rings. The molecule has 0 unspecified atom stereocenters. The first kappa shape index (κ1) is 20.4. The van der Waals surface area contributed by atoms with Crippen LogP contribution in [0.3, 0.4) is 0 Å². The monoisotopic (exact) mass is 418 g/mol. The van der Waals surface area contributed by atoms with Crippen LogP contribution in [-0.4, -0.2) is 22.9 Å². The minimum Gasteiger partial charge on any atom is -0.373 e. The normalized spacial score (nSPS) is 11.0. The number of nitrogens with one attached hydrogen (secondary N) is 2. The van der Waals surface area contributed by atoms with Gasteiger partial charge < -0.3 is 10.6 Å². The zero-order valence-electron chi connectivity index (χ0n) is 17.0. The Balaban J connectivity index is 1.63. The molecule has 0 radical (unpaired) electrons. The molecule has 0 saturated carbocycles. The van der Waals surface area contributed by atoms with Gasteiger partial charge in [-0.2, -0.15) is 0 Å². The molecule has 0 fully saturated rings. The van der Waals surface area contributed by atoms with Gasteiger partial charge in [-0.1, -0.05) is 18.2 Å². The molecular formula is C24H20F2N4O. The maximum Gasteiger partial charge on any atom is 0.263 e. The van der Waals surface area contributed by atoms with Gasteiger partial charge in [0, 0.05) is 53.3 Å². The second-order valence-corrected chi connectivity index (χ2v) is 7.15. The number of hydrogen-bond acceptors (Lipinski definition) is 4. The lowest BCUT2D eigenvalue weighted by Crippen LogP contribution is -2.12. The van der Waals surface area contributed by atoms with Crippen molar-refractivity contribution in [2.24, 2.45) is 0 Å². The molecule has 2 aromatic carbocycles. The number of anilines is 2. The summed E-state index contributed by atoms with van der Waals surface area (Å²) in [5.74, 6) is 0.294. The van der Waals surface area contributed by atoms with Crippen molar-refractivity contribution in [3.8, 4) is 11.1 Å². The maximum absolute atomic E-state index is 12.9. The van der Waals surface area contributed by atoms with Crippen LogP contribution in [0.1, 0.15) is 27.9 Å². The summed E-state index contributed by atoms with van der Waals surface area (Å²) in [7, 11) is 1.80. The van der Waals surface area contributed by atoms with Gasteiger partial charge in [-0.15, -0.1) is 0 Å². The molecule has 4 rings (SSSR count). The number of aryl methyl sites for hydroxylation is 1. The number of pyridine rings is 2. The molecule has 0 aliphatic rings. The van der Waals surface area contributed by atoms with Crippen LogP contribution < -0.4 is 10.6 Å². The summed E-state index contributed by atoms with van der Waals surface area (Å²) in [5, 5.41) is 6.68. The number of fused-ring (bicyclic) bond motifs is 1. The predicted molar refractivity (Wildman–Crippen MR) is 119 cm³/mol. The quantitative estimate of drug-likeness (QED) is 0.427. The lowest BCUT2D eigenvalue weighted by atomic mass is 10.00. The van der Waals surface area contributed by atoms with Gasteiger partial charge >= 0.3 is 0 Å². The Hall–Kier alpha value is -3.87. The molecule has 2 aromatic heterocycles. The number of nitrogens with zero attached hydrogens (tertiary/aromatic N) is 2. The molecule has 0 saturated heterocycles. The van der Waals surface area contributed by atoms with Crippen molar-refractivity contribution in [2.75, 3.05) is 17.7 Å². The Morgan fingerprint density at radius 1 is 1.00 bits per heavy atom. The number of benzene rings is 2. The number of carbonyl (C=O) groups is 1. The van der Waals surface area contributed by atoms with Gasteiger partial charge in [0.05, 0.1) is 5.52 Å². The summed E-state index contributed by atoms with van der Waals surface area (Å²) in [5.41, 5.74) is 4.19. The fourth-order valence-corrected chi connectivity index (χ4v) is 3.34. The second-order valence-electron chi connectivity index (χ2n) is 7.15. The summed E-state index contributed by atoms with van der Waals surface area (Å²) in [6, 6.07) is 14.9. The molecule has 0 spiro atoms. The van der Waals surface area contributed by atoms with Crippen LogP contribution in [-0.2, 0) is 0 Å². The highest BCUT2D eigenvalue weighted by Crippen LogP contribution is 2.29. The van der Waals surface area contributed by atoms with Crippen LogP contribution in [0.5, 0.6) is 0 Å². The van der Waals surface area contributed by atoms with Gasteiger partial charge in [0.2, 0.25) is 0 Å². The average molecular weight is 418 g/mol. The third-order valence-electron chi connectivity index (χ3n) is 5.03. The highest BCUT2D eigenvalue weighted by molar-refractivity contribution is 6.04. The molecule has 0 aliphatic carbocycles. The third kappa shape index (κ3) is 4.35. The number of halogens is 2. The molecule has 156 valence electrons. The van der Waals surface area contributed by atoms with Crippen LogP contribution in [0.15, 0.2) is 67.0 Å². The average Bonchev–Trinajstić information content (AvgIpc) is 2.79. The number of alkyl halides is 2. The maximum atomic E-state index is 12.9. The van der Waals surface area contributed by atoms with E-state index in [0.29, 0.717) is 5.69 Å². The zero-order valence-corrected chi connectivity index (χ0v) is 17.0. The smallest absolute Gasteiger partial charge is 0.263 e. The van der Waals surface area contributed by atoms with Crippen LogP contribution >= 0.6 is 0 Å². The van der Waals surface area contributed by atoms with E-state index in [-0.39, 0.29) is 11.1 Å². The van der Waals surface area contributed by atoms with E-state index in [1.54, 1.807) is 25.5 Å². The fourth-order valence-electron chi connectivity index (χ4n) is 3.34. The summed E-state index contributed by atoms with van der Waals surface area (Å²) in [6.07, 6.45) is 0.911. The van der Waals surface area contributed by atoms with Crippen LogP contribution in [0, 0.1) is 6.92 Å². The standard InChI is InChI=1S/C24H20F2N4O/c1-14-6-7-19(30-24(31)16-5-3-4-15(8-16)23(25)26)10-20(14)17-9-18-13-29-22(27-2)11-21(18)28-12-17/h3-13,23H,1-2H3,(H,27,29)(H,30,31). The first-order valence-corrected chi connectivity index (χ1v) is 9.68. The van der Waals surface area contributed by atoms with Crippen LogP contribution in [0.4, 0.5) is 20.3 Å². The number of amides is 1. The molecule has 1 amide bonds. The van der Waals surface area contributed by atoms with E-state index in [1.807, 2.05) is 31.2 Å². The minimum absolute atomic E-state index is 0.179. The Morgan fingerprint density at radius 3 is 2.61 bits per heavy atom. The first-order valence-electron chi connectivity index (χ1n) is 9.68. The van der Waals surface area contributed by atoms with Crippen molar-refractivity contribution < 1.29 is 13.6 Å². The Kier molecular flexibility index (Phi) is 5.58. The van der Waals surface area contributed by atoms with E-state index >= 15 is 0 Å². The van der Waals surface area contributed by atoms with E-state index < -0.39 is 12.3 Å². The summed E-state index contributed by atoms with van der Waals surface area (Å²) >= 11 is 0. The Bertz CT molecular complexity index is 1270. The molecule has 2 heterocycles. The van der Waals surface area contributed by atoms with E-state index in [1.165, 1.54) is 24.3 Å². The van der Waals surface area contributed by atoms with Crippen molar-refractivity contribution in [2.45, 2.75) is 13.3 Å². The number of aromatic nitrogens is 2. The van der Waals surface area contributed by atoms with Crippen molar-refractivity contribution in [3.63, 3.8) is 0 Å². The fraction of sp³-hybridized carbons (Fsp3) is 0.125. The summed E-state index contributed by atoms with van der Waals surface area (Å²) in [6.45, 7) is 1.97. The van der Waals surface area contributed by atoms with Crippen molar-refractivity contribution in [3.05, 3.63) is 83.7 Å². The Morgan fingerprint density at radius 2 is 1.84 bits per heavy atom. The largest absolute Gasteiger partial charge is 0.373 e. The summed E-state index contributed by atoms with van der Waals surface area (Å²) in [4.78, 5) is 21.4. The van der Waals surface area contributed by atoms with Crippen LogP contribution in [0.25, 0.3) is 22.0 Å². The van der Waals surface area contributed by atoms with E-state index in [0.717, 1.165) is 33.4 Å². The molecule has 0 bridgehead atoms. The molecular weight excluding hydrogens is 398 g/mol. The summed E-state index contributed by atoms with van der Waals surface area (Å²) < 4.78 is 25.9. The lowest BCUT2D eigenvalue weighted by molar-refractivity contribution is 0.102. The lowest BCUT2D eigenvalue weighted by Gasteiger charge is -2.12. The van der Waals surface area contributed by atoms with Gasteiger partial charge in [-0.25, -0.2) is 13.8 Å². The van der Waals surface area contributed by atoms with Crippen molar-refractivity contribution in [1.82, 2.24) is 9.97 Å². The van der Waals surface area contributed by atoms with Gasteiger partial charge in [-0.05, 0) is 48.4 Å². The topological polar surface area (TPSA) is 66.9 Å². The van der Waals surface area contributed by atoms with E-state index in [9.17, 15) is 13.6 Å². The van der Waals surface area contributed by atoms with Gasteiger partial charge in [0.1, 0.15) is 5.82 Å². The van der Waals surface area contributed by atoms with Gasteiger partial charge in [0.15, 0.2) is 0 Å². The molecule has 31 heavy (non-hydrogen) atoms. The van der Waals surface area contributed by atoms with E-state index in [2.05, 4.69) is 20.6 Å². The second kappa shape index (κ2) is 8.47. The molecule has 7 heteroatoms. The highest BCUT2D eigenvalue weighted by Gasteiger charge is 2.13. The Labute approximate surface area is 178 Å².